The Balaban J connectivity index is 0.00000193. The van der Waals surface area contributed by atoms with E-state index in [0.29, 0.717) is 37.2 Å². The number of benzene rings is 1. The molecule has 32 heavy (non-hydrogen) atoms. The van der Waals surface area contributed by atoms with E-state index in [0.717, 1.165) is 28.3 Å². The molecule has 0 radical (unpaired) electrons. The average molecular weight is 517 g/mol. The zero-order chi connectivity index (χ0) is 22.2. The first kappa shape index (κ1) is 25.9. The Morgan fingerprint density at radius 3 is 2.66 bits per heavy atom. The third-order valence-electron chi connectivity index (χ3n) is 6.52. The molecule has 3 aliphatic heterocycles. The number of hydrogen-bond acceptors (Lipinski definition) is 5. The van der Waals surface area contributed by atoms with Crippen LogP contribution in [0.3, 0.4) is 0 Å². The van der Waals surface area contributed by atoms with Crippen LogP contribution >= 0.6 is 15.9 Å². The van der Waals surface area contributed by atoms with E-state index in [9.17, 15) is 9.90 Å². The number of carboxylic acids is 1. The number of rotatable bonds is 9. The summed E-state index contributed by atoms with van der Waals surface area (Å²) < 4.78 is 8.48. The second-order valence-electron chi connectivity index (χ2n) is 10.1. The van der Waals surface area contributed by atoms with Gasteiger partial charge in [-0.05, 0) is 50.0 Å². The Bertz CT molecular complexity index is 963. The minimum atomic E-state index is -1.17. The van der Waals surface area contributed by atoms with E-state index < -0.39 is 14.0 Å². The van der Waals surface area contributed by atoms with E-state index in [2.05, 4.69) is 45.8 Å². The molecule has 1 aromatic heterocycles. The first-order chi connectivity index (χ1) is 14.7. The van der Waals surface area contributed by atoms with Crippen molar-refractivity contribution in [2.45, 2.75) is 57.8 Å². The maximum Gasteiger partial charge on any atom is 1.00 e. The van der Waals surface area contributed by atoms with Gasteiger partial charge in [-0.15, -0.1) is 0 Å². The smallest absolute Gasteiger partial charge is 1.00 e. The molecule has 2 aromatic rings. The summed E-state index contributed by atoms with van der Waals surface area (Å²) in [6, 6.07) is 5.14. The number of halogens is 1. The Hall–Kier alpha value is -0.666. The summed E-state index contributed by atoms with van der Waals surface area (Å²) in [5.74, 6) is -0.231. The number of ether oxygens (including phenoxy) is 1. The van der Waals surface area contributed by atoms with Crippen LogP contribution in [0.5, 0.6) is 0 Å². The number of fused-ring (bicyclic) bond motifs is 4. The molecule has 1 aromatic carbocycles. The number of carbonyl (C=O) groups is 1. The van der Waals surface area contributed by atoms with Crippen molar-refractivity contribution < 1.29 is 34.9 Å². The first-order valence-corrected chi connectivity index (χ1v) is 15.7. The fraction of sp³-hybridized carbons (Fsp3) is 0.636. The van der Waals surface area contributed by atoms with E-state index in [4.69, 9.17) is 9.84 Å². The van der Waals surface area contributed by atoms with Gasteiger partial charge in [-0.3, -0.25) is 0 Å². The molecule has 3 aliphatic rings. The van der Waals surface area contributed by atoms with Gasteiger partial charge in [-0.1, -0.05) is 35.6 Å². The molecule has 10 heteroatoms. The second kappa shape index (κ2) is 10.7. The second-order valence-corrected chi connectivity index (χ2v) is 16.6. The Morgan fingerprint density at radius 1 is 1.34 bits per heavy atom. The van der Waals surface area contributed by atoms with Crippen LogP contribution in [0.15, 0.2) is 16.6 Å². The molecule has 3 saturated heterocycles. The number of nitrogens with zero attached hydrogens (tertiary/aromatic N) is 3. The van der Waals surface area contributed by atoms with Crippen molar-refractivity contribution in [2.24, 2.45) is 5.92 Å². The van der Waals surface area contributed by atoms with Crippen molar-refractivity contribution in [3.8, 4) is 0 Å². The molecule has 0 saturated carbocycles. The average Bonchev–Trinajstić information content (AvgIpc) is 3.06. The van der Waals surface area contributed by atoms with Gasteiger partial charge in [0.2, 0.25) is 0 Å². The summed E-state index contributed by atoms with van der Waals surface area (Å²) in [5, 5.41) is 19.0. The van der Waals surface area contributed by atoms with E-state index in [-0.39, 0.29) is 25.9 Å². The molecule has 7 nitrogen and oxygen atoms in total. The molecule has 2 bridgehead atoms. The first-order valence-electron chi connectivity index (χ1n) is 11.2. The van der Waals surface area contributed by atoms with Crippen molar-refractivity contribution in [3.05, 3.63) is 27.9 Å². The molecular formula is C22H34BrLiN4O3Si. The number of aromatic carboxylic acids is 1. The maximum absolute atomic E-state index is 12.0. The van der Waals surface area contributed by atoms with E-state index in [1.165, 1.54) is 25.9 Å². The summed E-state index contributed by atoms with van der Waals surface area (Å²) in [6.07, 6.45) is 2.48. The largest absolute Gasteiger partial charge is 1.00 e. The van der Waals surface area contributed by atoms with Crippen LogP contribution in [-0.4, -0.2) is 66.1 Å². The van der Waals surface area contributed by atoms with Crippen molar-refractivity contribution >= 4 is 40.9 Å². The van der Waals surface area contributed by atoms with Gasteiger partial charge in [-0.25, -0.2) is 9.48 Å². The summed E-state index contributed by atoms with van der Waals surface area (Å²) in [7, 11) is -1.17. The van der Waals surface area contributed by atoms with Crippen molar-refractivity contribution in [3.63, 3.8) is 0 Å². The minimum absolute atomic E-state index is 0. The summed E-state index contributed by atoms with van der Waals surface area (Å²) in [5.41, 5.74) is 1.86. The Morgan fingerprint density at radius 2 is 2.06 bits per heavy atom. The molecule has 3 fully saturated rings. The third kappa shape index (κ3) is 6.06. The topological polar surface area (TPSA) is 79.6 Å². The standard InChI is InChI=1S/C22H33BrN4O3Si.Li.H/c1-31(2,3)9-8-30-14-27-20-11-16(23)10-17(22(28)29)21(20)18(25-27)12-24-19-13-26-6-4-15(19)5-7-26;;/h10-11,15,19,24H,4-9,12-14H2,1-3H3,(H,28,29);;/q;+1;-1. The Labute approximate surface area is 213 Å². The third-order valence-corrected chi connectivity index (χ3v) is 8.68. The van der Waals surface area contributed by atoms with Gasteiger partial charge >= 0.3 is 24.8 Å². The van der Waals surface area contributed by atoms with Gasteiger partial charge in [0.25, 0.3) is 0 Å². The summed E-state index contributed by atoms with van der Waals surface area (Å²) in [6.45, 7) is 12.0. The molecule has 0 amide bonds. The number of nitrogens with one attached hydrogen (secondary N) is 1. The van der Waals surface area contributed by atoms with Crippen LogP contribution in [-0.2, 0) is 18.0 Å². The molecule has 1 unspecified atom stereocenters. The molecule has 4 heterocycles. The number of aromatic nitrogens is 2. The van der Waals surface area contributed by atoms with Crippen molar-refractivity contribution in [1.29, 1.82) is 0 Å². The van der Waals surface area contributed by atoms with Crippen LogP contribution in [0.2, 0.25) is 25.7 Å². The number of hydrogen-bond donors (Lipinski definition) is 2. The predicted molar refractivity (Wildman–Crippen MR) is 129 cm³/mol. The molecule has 1 atom stereocenters. The number of piperidine rings is 3. The van der Waals surface area contributed by atoms with Crippen molar-refractivity contribution in [2.75, 3.05) is 26.2 Å². The molecule has 5 rings (SSSR count). The van der Waals surface area contributed by atoms with Gasteiger partial charge in [0.1, 0.15) is 6.73 Å². The molecule has 0 spiro atoms. The van der Waals surface area contributed by atoms with E-state index in [1.54, 1.807) is 6.07 Å². The van der Waals surface area contributed by atoms with Gasteiger partial charge in [0, 0.05) is 43.7 Å². The van der Waals surface area contributed by atoms with Crippen LogP contribution in [0.4, 0.5) is 0 Å². The van der Waals surface area contributed by atoms with Gasteiger partial charge in [0.15, 0.2) is 0 Å². The van der Waals surface area contributed by atoms with E-state index in [1.807, 2.05) is 10.7 Å². The van der Waals surface area contributed by atoms with Crippen LogP contribution in [0.25, 0.3) is 10.9 Å². The number of carboxylic acid groups (broad SMARTS) is 1. The fourth-order valence-electron chi connectivity index (χ4n) is 4.69. The monoisotopic (exact) mass is 516 g/mol. The SMILES string of the molecule is C[Si](C)(C)CCOCn1nc(CNC2CN3CCC2CC3)c2c(C(=O)O)cc(Br)cc21.[H-].[Li+]. The van der Waals surface area contributed by atoms with Crippen LogP contribution < -0.4 is 24.2 Å². The Kier molecular flexibility index (Phi) is 8.70. The molecule has 172 valence electrons. The molecule has 2 N–H and O–H groups in total. The predicted octanol–water partition coefficient (Wildman–Crippen LogP) is 1.11. The van der Waals surface area contributed by atoms with Crippen LogP contribution in [0, 0.1) is 5.92 Å². The van der Waals surface area contributed by atoms with Crippen molar-refractivity contribution in [1.82, 2.24) is 20.0 Å². The minimum Gasteiger partial charge on any atom is -1.00 e. The van der Waals surface area contributed by atoms with Gasteiger partial charge < -0.3 is 21.5 Å². The van der Waals surface area contributed by atoms with Gasteiger partial charge in [0.05, 0.1) is 16.8 Å². The van der Waals surface area contributed by atoms with Crippen LogP contribution in [0.1, 0.15) is 30.3 Å². The summed E-state index contributed by atoms with van der Waals surface area (Å²) in [4.78, 5) is 14.5. The zero-order valence-electron chi connectivity index (χ0n) is 20.7. The van der Waals surface area contributed by atoms with Gasteiger partial charge in [-0.2, -0.15) is 5.10 Å². The molecular weight excluding hydrogens is 483 g/mol. The zero-order valence-corrected chi connectivity index (χ0v) is 22.2. The normalized spacial score (nSPS) is 22.8. The fourth-order valence-corrected chi connectivity index (χ4v) is 5.90. The quantitative estimate of drug-likeness (QED) is 0.384. The molecule has 0 aliphatic carbocycles. The van der Waals surface area contributed by atoms with E-state index >= 15 is 0 Å². The summed E-state index contributed by atoms with van der Waals surface area (Å²) >= 11 is 3.47. The maximum atomic E-state index is 12.0.